The molecule has 2 heterocycles. The van der Waals surface area contributed by atoms with Crippen molar-refractivity contribution >= 4 is 5.91 Å². The molecule has 3 N–H and O–H groups in total. The Morgan fingerprint density at radius 2 is 2.50 bits per heavy atom. The summed E-state index contributed by atoms with van der Waals surface area (Å²) in [5.41, 5.74) is 2.06. The van der Waals surface area contributed by atoms with E-state index in [9.17, 15) is 9.90 Å². The fourth-order valence-corrected chi connectivity index (χ4v) is 2.16. The lowest BCUT2D eigenvalue weighted by atomic mass is 10.1. The van der Waals surface area contributed by atoms with E-state index >= 15 is 0 Å². The first-order chi connectivity index (χ1) is 8.70. The van der Waals surface area contributed by atoms with Crippen molar-refractivity contribution in [3.63, 3.8) is 0 Å². The van der Waals surface area contributed by atoms with Crippen molar-refractivity contribution in [1.29, 1.82) is 0 Å². The number of carbonyl (C=O) groups is 1. The standard InChI is InChI=1S/C13H19N3O2/c1-2-9-4-3-5-14-12(9)8-16-13(18)11-6-10(17)7-15-11/h3-5,10-11,15,17H,2,6-8H2,1H3,(H,16,18). The number of aliphatic hydroxyl groups excluding tert-OH is 1. The summed E-state index contributed by atoms with van der Waals surface area (Å²) in [7, 11) is 0. The Morgan fingerprint density at radius 1 is 1.67 bits per heavy atom. The molecule has 0 saturated carbocycles. The molecule has 1 aliphatic heterocycles. The van der Waals surface area contributed by atoms with Crippen molar-refractivity contribution < 1.29 is 9.90 Å². The number of aromatic nitrogens is 1. The first kappa shape index (κ1) is 13.0. The second-order valence-corrected chi connectivity index (χ2v) is 4.53. The van der Waals surface area contributed by atoms with Crippen LogP contribution in [0.2, 0.25) is 0 Å². The van der Waals surface area contributed by atoms with Crippen molar-refractivity contribution in [1.82, 2.24) is 15.6 Å². The van der Waals surface area contributed by atoms with Gasteiger partial charge in [0, 0.05) is 12.7 Å². The van der Waals surface area contributed by atoms with Crippen molar-refractivity contribution in [2.45, 2.75) is 38.5 Å². The predicted octanol–water partition coefficient (Wildman–Crippen LogP) is -0.0170. The van der Waals surface area contributed by atoms with Crippen LogP contribution in [0.15, 0.2) is 18.3 Å². The molecule has 1 aromatic rings. The molecule has 1 amide bonds. The van der Waals surface area contributed by atoms with Crippen molar-refractivity contribution in [3.8, 4) is 0 Å². The lowest BCUT2D eigenvalue weighted by molar-refractivity contribution is -0.123. The summed E-state index contributed by atoms with van der Waals surface area (Å²) < 4.78 is 0. The fraction of sp³-hybridized carbons (Fsp3) is 0.538. The van der Waals surface area contributed by atoms with Gasteiger partial charge in [-0.2, -0.15) is 0 Å². The van der Waals surface area contributed by atoms with Gasteiger partial charge in [0.2, 0.25) is 5.91 Å². The normalized spacial score (nSPS) is 23.0. The SMILES string of the molecule is CCc1cccnc1CNC(=O)C1CC(O)CN1. The second kappa shape index (κ2) is 5.93. The number of nitrogens with one attached hydrogen (secondary N) is 2. The third-order valence-corrected chi connectivity index (χ3v) is 3.22. The first-order valence-corrected chi connectivity index (χ1v) is 6.32. The minimum absolute atomic E-state index is 0.0701. The number of β-amino-alcohol motifs (C(OH)–C–C–N with tert-alkyl or cyclic N) is 1. The van der Waals surface area contributed by atoms with Gasteiger partial charge in [-0.1, -0.05) is 13.0 Å². The Labute approximate surface area is 107 Å². The smallest absolute Gasteiger partial charge is 0.237 e. The fourth-order valence-electron chi connectivity index (χ4n) is 2.16. The Balaban J connectivity index is 1.89. The first-order valence-electron chi connectivity index (χ1n) is 6.32. The van der Waals surface area contributed by atoms with Crippen LogP contribution in [-0.4, -0.2) is 34.7 Å². The lowest BCUT2D eigenvalue weighted by Gasteiger charge is -2.12. The van der Waals surface area contributed by atoms with E-state index < -0.39 is 6.10 Å². The van der Waals surface area contributed by atoms with E-state index in [1.807, 2.05) is 12.1 Å². The summed E-state index contributed by atoms with van der Waals surface area (Å²) in [5, 5.41) is 15.2. The summed E-state index contributed by atoms with van der Waals surface area (Å²) in [6.07, 6.45) is 2.70. The van der Waals surface area contributed by atoms with E-state index in [1.54, 1.807) is 6.20 Å². The molecule has 2 atom stereocenters. The summed E-state index contributed by atoms with van der Waals surface area (Å²) in [5.74, 6) is -0.0701. The van der Waals surface area contributed by atoms with Crippen molar-refractivity contribution in [2.24, 2.45) is 0 Å². The number of pyridine rings is 1. The molecule has 5 nitrogen and oxygen atoms in total. The number of carbonyl (C=O) groups excluding carboxylic acids is 1. The largest absolute Gasteiger partial charge is 0.392 e. The molecular formula is C13H19N3O2. The van der Waals surface area contributed by atoms with Gasteiger partial charge in [-0.25, -0.2) is 0 Å². The molecule has 1 aliphatic rings. The van der Waals surface area contributed by atoms with Gasteiger partial charge >= 0.3 is 0 Å². The molecule has 0 aromatic carbocycles. The van der Waals surface area contributed by atoms with Crippen LogP contribution in [0.1, 0.15) is 24.6 Å². The molecule has 98 valence electrons. The number of nitrogens with zero attached hydrogens (tertiary/aromatic N) is 1. The highest BCUT2D eigenvalue weighted by atomic mass is 16.3. The maximum absolute atomic E-state index is 11.9. The predicted molar refractivity (Wildman–Crippen MR) is 67.9 cm³/mol. The average Bonchev–Trinajstić information content (AvgIpc) is 2.83. The van der Waals surface area contributed by atoms with Crippen LogP contribution in [-0.2, 0) is 17.8 Å². The molecule has 5 heteroatoms. The number of hydrogen-bond acceptors (Lipinski definition) is 4. The number of hydrogen-bond donors (Lipinski definition) is 3. The molecule has 18 heavy (non-hydrogen) atoms. The molecule has 2 unspecified atom stereocenters. The Kier molecular flexibility index (Phi) is 4.28. The molecule has 1 aromatic heterocycles. The van der Waals surface area contributed by atoms with Crippen molar-refractivity contribution in [3.05, 3.63) is 29.6 Å². The van der Waals surface area contributed by atoms with Gasteiger partial charge in [-0.05, 0) is 24.5 Å². The summed E-state index contributed by atoms with van der Waals surface area (Å²) in [6, 6.07) is 3.64. The van der Waals surface area contributed by atoms with Crippen LogP contribution in [0.4, 0.5) is 0 Å². The molecular weight excluding hydrogens is 230 g/mol. The highest BCUT2D eigenvalue weighted by Gasteiger charge is 2.27. The van der Waals surface area contributed by atoms with Crippen LogP contribution in [0.3, 0.4) is 0 Å². The number of aryl methyl sites for hydroxylation is 1. The highest BCUT2D eigenvalue weighted by molar-refractivity contribution is 5.82. The second-order valence-electron chi connectivity index (χ2n) is 4.53. The van der Waals surface area contributed by atoms with Gasteiger partial charge in [-0.3, -0.25) is 9.78 Å². The van der Waals surface area contributed by atoms with E-state index in [1.165, 1.54) is 0 Å². The van der Waals surface area contributed by atoms with Gasteiger partial charge in [0.05, 0.1) is 24.4 Å². The van der Waals surface area contributed by atoms with E-state index in [0.29, 0.717) is 19.5 Å². The Hall–Kier alpha value is -1.46. The lowest BCUT2D eigenvalue weighted by Crippen LogP contribution is -2.40. The molecule has 1 saturated heterocycles. The van der Waals surface area contributed by atoms with E-state index in [2.05, 4.69) is 22.5 Å². The third kappa shape index (κ3) is 3.05. The van der Waals surface area contributed by atoms with Crippen LogP contribution in [0.5, 0.6) is 0 Å². The topological polar surface area (TPSA) is 74.2 Å². The minimum atomic E-state index is -0.415. The quantitative estimate of drug-likeness (QED) is 0.701. The van der Waals surface area contributed by atoms with Crippen LogP contribution < -0.4 is 10.6 Å². The van der Waals surface area contributed by atoms with Crippen molar-refractivity contribution in [2.75, 3.05) is 6.54 Å². The van der Waals surface area contributed by atoms with Gasteiger partial charge in [0.25, 0.3) is 0 Å². The van der Waals surface area contributed by atoms with Gasteiger partial charge in [0.1, 0.15) is 0 Å². The average molecular weight is 249 g/mol. The zero-order chi connectivity index (χ0) is 13.0. The molecule has 0 spiro atoms. The molecule has 0 aliphatic carbocycles. The maximum Gasteiger partial charge on any atom is 0.237 e. The third-order valence-electron chi connectivity index (χ3n) is 3.22. The van der Waals surface area contributed by atoms with Crippen LogP contribution >= 0.6 is 0 Å². The molecule has 1 fully saturated rings. The monoisotopic (exact) mass is 249 g/mol. The van der Waals surface area contributed by atoms with Gasteiger partial charge in [0.15, 0.2) is 0 Å². The summed E-state index contributed by atoms with van der Waals surface area (Å²) >= 11 is 0. The Morgan fingerprint density at radius 3 is 3.17 bits per heavy atom. The summed E-state index contributed by atoms with van der Waals surface area (Å²) in [6.45, 7) is 3.00. The number of aliphatic hydroxyl groups is 1. The Bertz CT molecular complexity index is 422. The minimum Gasteiger partial charge on any atom is -0.392 e. The number of amides is 1. The van der Waals surface area contributed by atoms with E-state index in [4.69, 9.17) is 0 Å². The van der Waals surface area contributed by atoms with Crippen LogP contribution in [0, 0.1) is 0 Å². The summed E-state index contributed by atoms with van der Waals surface area (Å²) in [4.78, 5) is 16.1. The maximum atomic E-state index is 11.9. The molecule has 0 radical (unpaired) electrons. The van der Waals surface area contributed by atoms with E-state index in [-0.39, 0.29) is 11.9 Å². The number of rotatable bonds is 4. The van der Waals surface area contributed by atoms with E-state index in [0.717, 1.165) is 17.7 Å². The molecule has 0 bridgehead atoms. The molecule has 2 rings (SSSR count). The van der Waals surface area contributed by atoms with Gasteiger partial charge < -0.3 is 15.7 Å². The zero-order valence-corrected chi connectivity index (χ0v) is 10.5. The van der Waals surface area contributed by atoms with Gasteiger partial charge in [-0.15, -0.1) is 0 Å². The highest BCUT2D eigenvalue weighted by Crippen LogP contribution is 2.08. The van der Waals surface area contributed by atoms with Crippen LogP contribution in [0.25, 0.3) is 0 Å². The zero-order valence-electron chi connectivity index (χ0n) is 10.5.